The summed E-state index contributed by atoms with van der Waals surface area (Å²) in [4.78, 5) is 0. The van der Waals surface area contributed by atoms with Crippen molar-refractivity contribution in [2.75, 3.05) is 0 Å². The van der Waals surface area contributed by atoms with Gasteiger partial charge in [0, 0.05) is 0 Å². The van der Waals surface area contributed by atoms with Crippen LogP contribution in [0, 0.1) is 0 Å². The van der Waals surface area contributed by atoms with Gasteiger partial charge in [0.05, 0.1) is 0 Å². The number of benzene rings is 4. The second kappa shape index (κ2) is 99.2. The molecule has 0 radical (unpaired) electrons. The first-order valence-corrected chi connectivity index (χ1v) is 16.4. The summed E-state index contributed by atoms with van der Waals surface area (Å²) < 4.78 is 0. The van der Waals surface area contributed by atoms with Gasteiger partial charge in [0.25, 0.3) is 0 Å². The van der Waals surface area contributed by atoms with Gasteiger partial charge < -0.3 is 0 Å². The fourth-order valence-electron chi connectivity index (χ4n) is 1.54. The molecule has 238 valence electrons. The zero-order chi connectivity index (χ0) is 33.7. The van der Waals surface area contributed by atoms with E-state index in [0.717, 1.165) is 0 Å². The molecule has 0 heterocycles. The van der Waals surface area contributed by atoms with Crippen molar-refractivity contribution in [3.8, 4) is 0 Å². The summed E-state index contributed by atoms with van der Waals surface area (Å²) >= 11 is 0. The first-order chi connectivity index (χ1) is 20.4. The molecule has 0 unspecified atom stereocenters. The molecule has 0 bridgehead atoms. The van der Waals surface area contributed by atoms with Crippen LogP contribution < -0.4 is 0 Å². The molecule has 41 heavy (non-hydrogen) atoms. The van der Waals surface area contributed by atoms with Gasteiger partial charge in [-0.1, -0.05) is 263 Å². The Morgan fingerprint density at radius 2 is 0.195 bits per heavy atom. The van der Waals surface area contributed by atoms with Gasteiger partial charge in [-0.25, -0.2) is 0 Å². The van der Waals surface area contributed by atoms with Crippen molar-refractivity contribution in [3.63, 3.8) is 0 Å². The highest BCUT2D eigenvalue weighted by atomic mass is 13.7. The minimum Gasteiger partial charge on any atom is -0.0683 e. The number of rotatable bonds is 0. The Bertz CT molecular complexity index is 429. The standard InChI is InChI=1S/4C6H6.C3H8.7C2H6/c4*1-2-4-6-5-3-1;1-3-2;7*1-2/h4*1-6H;3H2,1-2H3;7*1-2H3. The normalized spacial score (nSPS) is 6.15. The maximum absolute atomic E-state index is 2.12. The fraction of sp³-hybridized carbons (Fsp3) is 0.415. The Balaban J connectivity index is -0.0000000505. The highest BCUT2D eigenvalue weighted by Gasteiger charge is 1.59. The van der Waals surface area contributed by atoms with E-state index < -0.39 is 0 Å². The van der Waals surface area contributed by atoms with E-state index in [1.807, 2.05) is 243 Å². The molecule has 0 aromatic heterocycles. The summed E-state index contributed by atoms with van der Waals surface area (Å²) in [7, 11) is 0. The lowest BCUT2D eigenvalue weighted by molar-refractivity contribution is 1.09. The van der Waals surface area contributed by atoms with Crippen LogP contribution in [0.3, 0.4) is 0 Å². The minimum atomic E-state index is 1.25. The highest BCUT2D eigenvalue weighted by molar-refractivity contribution is 5.00. The fourth-order valence-corrected chi connectivity index (χ4v) is 1.54. The van der Waals surface area contributed by atoms with Gasteiger partial charge in [0.1, 0.15) is 0 Å². The smallest absolute Gasteiger partial charge is 0.0590 e. The van der Waals surface area contributed by atoms with Gasteiger partial charge in [-0.05, 0) is 0 Å². The third-order valence-corrected chi connectivity index (χ3v) is 2.67. The van der Waals surface area contributed by atoms with E-state index in [-0.39, 0.29) is 0 Å². The molecule has 4 aromatic rings. The molecule has 4 rings (SSSR count). The van der Waals surface area contributed by atoms with Crippen LogP contribution in [0.25, 0.3) is 0 Å². The van der Waals surface area contributed by atoms with Gasteiger partial charge >= 0.3 is 0 Å². The van der Waals surface area contributed by atoms with E-state index in [1.54, 1.807) is 0 Å². The maximum atomic E-state index is 2.12. The van der Waals surface area contributed by atoms with E-state index >= 15 is 0 Å². The largest absolute Gasteiger partial charge is 0.0683 e. The van der Waals surface area contributed by atoms with Crippen LogP contribution in [-0.2, 0) is 0 Å². The molecule has 0 aliphatic carbocycles. The first kappa shape index (κ1) is 57.7. The van der Waals surface area contributed by atoms with Crippen molar-refractivity contribution >= 4 is 0 Å². The van der Waals surface area contributed by atoms with Crippen LogP contribution >= 0.6 is 0 Å². The SMILES string of the molecule is CC.CC.CC.CC.CC.CC.CC.CCC.c1ccccc1.c1ccccc1.c1ccccc1.c1ccccc1. The van der Waals surface area contributed by atoms with Crippen molar-refractivity contribution in [1.29, 1.82) is 0 Å². The van der Waals surface area contributed by atoms with Crippen LogP contribution in [0.2, 0.25) is 0 Å². The lowest BCUT2D eigenvalue weighted by atomic mass is 10.4. The van der Waals surface area contributed by atoms with Crippen molar-refractivity contribution < 1.29 is 0 Å². The van der Waals surface area contributed by atoms with Crippen LogP contribution in [-0.4, -0.2) is 0 Å². The van der Waals surface area contributed by atoms with Gasteiger partial charge in [-0.15, -0.1) is 0 Å². The zero-order valence-corrected chi connectivity index (χ0v) is 30.6. The van der Waals surface area contributed by atoms with Gasteiger partial charge in [-0.3, -0.25) is 0 Å². The molecule has 0 nitrogen and oxygen atoms in total. The van der Waals surface area contributed by atoms with Gasteiger partial charge in [0.2, 0.25) is 0 Å². The number of hydrogen-bond donors (Lipinski definition) is 0. The second-order valence-electron chi connectivity index (χ2n) is 5.33. The number of hydrogen-bond acceptors (Lipinski definition) is 0. The minimum absolute atomic E-state index is 1.25. The van der Waals surface area contributed by atoms with Crippen molar-refractivity contribution in [2.45, 2.75) is 117 Å². The molecule has 0 spiro atoms. The lowest BCUT2D eigenvalue weighted by Crippen LogP contribution is -1.47. The van der Waals surface area contributed by atoms with E-state index in [9.17, 15) is 0 Å². The van der Waals surface area contributed by atoms with E-state index in [0.29, 0.717) is 0 Å². The molecule has 0 N–H and O–H groups in total. The van der Waals surface area contributed by atoms with Crippen molar-refractivity contribution in [2.24, 2.45) is 0 Å². The average Bonchev–Trinajstić information content (AvgIpc) is 3.15. The molecule has 0 saturated carbocycles. The summed E-state index contributed by atoms with van der Waals surface area (Å²) in [6.07, 6.45) is 1.25. The van der Waals surface area contributed by atoms with E-state index in [4.69, 9.17) is 0 Å². The molecule has 0 heteroatoms. The second-order valence-corrected chi connectivity index (χ2v) is 5.33. The highest BCUT2D eigenvalue weighted by Crippen LogP contribution is 1.81. The Kier molecular flexibility index (Phi) is 140. The molecule has 0 fully saturated rings. The average molecular weight is 567 g/mol. The summed E-state index contributed by atoms with van der Waals surface area (Å²) in [6, 6.07) is 48.0. The van der Waals surface area contributed by atoms with Gasteiger partial charge in [0.15, 0.2) is 0 Å². The Labute approximate surface area is 262 Å². The van der Waals surface area contributed by atoms with Crippen molar-refractivity contribution in [1.82, 2.24) is 0 Å². The quantitative estimate of drug-likeness (QED) is 0.198. The lowest BCUT2D eigenvalue weighted by Gasteiger charge is -1.69. The predicted octanol–water partition coefficient (Wildman–Crippen LogP) is 15.3. The van der Waals surface area contributed by atoms with E-state index in [2.05, 4.69) is 13.8 Å². The Morgan fingerprint density at radius 1 is 0.171 bits per heavy atom. The Morgan fingerprint density at radius 3 is 0.220 bits per heavy atom. The summed E-state index contributed by atoms with van der Waals surface area (Å²) in [5.41, 5.74) is 0. The summed E-state index contributed by atoms with van der Waals surface area (Å²) in [6.45, 7) is 32.2. The maximum Gasteiger partial charge on any atom is -0.0590 e. The van der Waals surface area contributed by atoms with Crippen LogP contribution in [0.4, 0.5) is 0 Å². The van der Waals surface area contributed by atoms with Crippen molar-refractivity contribution in [3.05, 3.63) is 146 Å². The molecular formula is C41H74. The summed E-state index contributed by atoms with van der Waals surface area (Å²) in [5, 5.41) is 0. The monoisotopic (exact) mass is 567 g/mol. The predicted molar refractivity (Wildman–Crippen MR) is 201 cm³/mol. The molecule has 0 saturated heterocycles. The third-order valence-electron chi connectivity index (χ3n) is 2.67. The van der Waals surface area contributed by atoms with Crippen LogP contribution in [0.1, 0.15) is 117 Å². The Hall–Kier alpha value is -3.12. The molecule has 0 amide bonds. The topological polar surface area (TPSA) is 0 Å². The summed E-state index contributed by atoms with van der Waals surface area (Å²) in [5.74, 6) is 0. The molecule has 0 aliphatic rings. The van der Waals surface area contributed by atoms with Crippen LogP contribution in [0.5, 0.6) is 0 Å². The zero-order valence-electron chi connectivity index (χ0n) is 30.6. The first-order valence-electron chi connectivity index (χ1n) is 16.4. The molecule has 0 aliphatic heterocycles. The van der Waals surface area contributed by atoms with Crippen LogP contribution in [0.15, 0.2) is 146 Å². The molecule has 4 aromatic carbocycles. The molecule has 0 atom stereocenters. The third kappa shape index (κ3) is 103. The van der Waals surface area contributed by atoms with E-state index in [1.165, 1.54) is 6.42 Å². The van der Waals surface area contributed by atoms with Gasteiger partial charge in [-0.2, -0.15) is 0 Å². The molecular weight excluding hydrogens is 492 g/mol.